The molecule has 1 saturated heterocycles. The van der Waals surface area contributed by atoms with Crippen LogP contribution in [0.15, 0.2) is 48.5 Å². The van der Waals surface area contributed by atoms with Crippen molar-refractivity contribution >= 4 is 22.9 Å². The molecule has 0 bridgehead atoms. The molecule has 2 aromatic carbocycles. The first-order valence-corrected chi connectivity index (χ1v) is 10.9. The zero-order valence-corrected chi connectivity index (χ0v) is 17.7. The fourth-order valence-electron chi connectivity index (χ4n) is 3.69. The van der Waals surface area contributed by atoms with E-state index in [0.717, 1.165) is 28.4 Å². The number of hydrogen-bond donors (Lipinski definition) is 0. The van der Waals surface area contributed by atoms with E-state index < -0.39 is 17.2 Å². The van der Waals surface area contributed by atoms with Crippen LogP contribution in [0, 0.1) is 0 Å². The lowest BCUT2D eigenvalue weighted by atomic mass is 10.0. The predicted molar refractivity (Wildman–Crippen MR) is 114 cm³/mol. The number of carbonyl (C=O) groups is 1. The van der Waals surface area contributed by atoms with Crippen LogP contribution in [0.3, 0.4) is 0 Å². The number of anilines is 1. The Morgan fingerprint density at radius 3 is 2.31 bits per heavy atom. The van der Waals surface area contributed by atoms with Gasteiger partial charge in [0.05, 0.1) is 7.11 Å². The normalized spacial score (nSPS) is 17.8. The molecule has 0 aliphatic carbocycles. The average Bonchev–Trinajstić information content (AvgIpc) is 3.15. The first kappa shape index (κ1) is 21.5. The molecule has 2 atom stereocenters. The standard InChI is InChI=1S/C22H28N2O4S/c1-17-4-3-14-23(17)15-13-18-5-7-19(8-6-18)20-9-11-21(12-10-20)24(29(26)27)16-22(25)28-2/h5-12,17H,3-4,13-16H2,1-2H3,(H,26,27)/p-1. The lowest BCUT2D eigenvalue weighted by Crippen LogP contribution is -2.32. The number of methoxy groups -OCH3 is 1. The van der Waals surface area contributed by atoms with Crippen molar-refractivity contribution in [2.75, 3.05) is 31.0 Å². The van der Waals surface area contributed by atoms with Crippen molar-refractivity contribution in [1.29, 1.82) is 0 Å². The number of ether oxygens (including phenoxy) is 1. The van der Waals surface area contributed by atoms with Gasteiger partial charge >= 0.3 is 5.97 Å². The minimum atomic E-state index is -2.56. The molecule has 0 N–H and O–H groups in total. The van der Waals surface area contributed by atoms with Gasteiger partial charge in [0, 0.05) is 29.5 Å². The fraction of sp³-hybridized carbons (Fsp3) is 0.409. The Hall–Kier alpha value is -2.22. The van der Waals surface area contributed by atoms with Gasteiger partial charge in [-0.1, -0.05) is 36.4 Å². The second-order valence-electron chi connectivity index (χ2n) is 7.35. The molecule has 0 aromatic heterocycles. The van der Waals surface area contributed by atoms with E-state index in [-0.39, 0.29) is 6.54 Å². The van der Waals surface area contributed by atoms with Gasteiger partial charge in [0.15, 0.2) is 0 Å². The smallest absolute Gasteiger partial charge is 0.326 e. The Labute approximate surface area is 174 Å². The second kappa shape index (κ2) is 10.0. The van der Waals surface area contributed by atoms with E-state index in [2.05, 4.69) is 40.8 Å². The first-order chi connectivity index (χ1) is 14.0. The van der Waals surface area contributed by atoms with E-state index in [1.165, 1.54) is 32.1 Å². The maximum Gasteiger partial charge on any atom is 0.326 e. The Morgan fingerprint density at radius 1 is 1.17 bits per heavy atom. The Bertz CT molecular complexity index is 839. The van der Waals surface area contributed by atoms with E-state index in [1.807, 2.05) is 12.1 Å². The highest BCUT2D eigenvalue weighted by atomic mass is 32.2. The van der Waals surface area contributed by atoms with Crippen LogP contribution >= 0.6 is 0 Å². The van der Waals surface area contributed by atoms with Crippen molar-refractivity contribution in [1.82, 2.24) is 4.90 Å². The summed E-state index contributed by atoms with van der Waals surface area (Å²) in [5.74, 6) is -0.614. The van der Waals surface area contributed by atoms with Gasteiger partial charge in [-0.2, -0.15) is 0 Å². The topological polar surface area (TPSA) is 72.9 Å². The highest BCUT2D eigenvalue weighted by Gasteiger charge is 2.19. The van der Waals surface area contributed by atoms with Crippen LogP contribution in [0.2, 0.25) is 0 Å². The number of esters is 1. The molecule has 0 amide bonds. The average molecular weight is 416 g/mol. The number of benzene rings is 2. The third-order valence-electron chi connectivity index (χ3n) is 5.50. The zero-order chi connectivity index (χ0) is 20.8. The summed E-state index contributed by atoms with van der Waals surface area (Å²) in [6, 6.07) is 16.3. The molecule has 6 nitrogen and oxygen atoms in total. The van der Waals surface area contributed by atoms with Gasteiger partial charge in [0.1, 0.15) is 6.54 Å². The number of carbonyl (C=O) groups excluding carboxylic acids is 1. The molecule has 29 heavy (non-hydrogen) atoms. The van der Waals surface area contributed by atoms with E-state index in [0.29, 0.717) is 11.7 Å². The summed E-state index contributed by atoms with van der Waals surface area (Å²) in [5.41, 5.74) is 3.79. The summed E-state index contributed by atoms with van der Waals surface area (Å²) in [4.78, 5) is 14.0. The van der Waals surface area contributed by atoms with E-state index in [9.17, 15) is 13.6 Å². The van der Waals surface area contributed by atoms with Crippen molar-refractivity contribution in [3.05, 3.63) is 54.1 Å². The SMILES string of the molecule is COC(=O)CN(c1ccc(-c2ccc(CCN3CCCC3C)cc2)cc1)S(=O)[O-]. The third kappa shape index (κ3) is 5.65. The van der Waals surface area contributed by atoms with Gasteiger partial charge in [-0.15, -0.1) is 0 Å². The van der Waals surface area contributed by atoms with Crippen LogP contribution in [0.25, 0.3) is 11.1 Å². The van der Waals surface area contributed by atoms with E-state index >= 15 is 0 Å². The molecule has 1 aliphatic rings. The van der Waals surface area contributed by atoms with Crippen molar-refractivity contribution < 1.29 is 18.3 Å². The third-order valence-corrected chi connectivity index (χ3v) is 6.20. The number of likely N-dealkylation sites (tertiary alicyclic amines) is 1. The van der Waals surface area contributed by atoms with E-state index in [4.69, 9.17) is 0 Å². The molecule has 1 heterocycles. The molecular weight excluding hydrogens is 388 g/mol. The molecule has 3 rings (SSSR count). The minimum absolute atomic E-state index is 0.351. The molecular formula is C22H27N2O4S-. The number of hydrogen-bond acceptors (Lipinski definition) is 5. The summed E-state index contributed by atoms with van der Waals surface area (Å²) < 4.78 is 28.4. The Kier molecular flexibility index (Phi) is 7.41. The molecule has 1 aliphatic heterocycles. The number of rotatable bonds is 8. The molecule has 7 heteroatoms. The van der Waals surface area contributed by atoms with Gasteiger partial charge in [-0.3, -0.25) is 13.3 Å². The zero-order valence-electron chi connectivity index (χ0n) is 16.9. The van der Waals surface area contributed by atoms with Gasteiger partial charge < -0.3 is 14.2 Å². The van der Waals surface area contributed by atoms with Gasteiger partial charge in [0.25, 0.3) is 0 Å². The Balaban J connectivity index is 1.64. The van der Waals surface area contributed by atoms with Gasteiger partial charge in [0.2, 0.25) is 0 Å². The summed E-state index contributed by atoms with van der Waals surface area (Å²) in [6.45, 7) is 4.25. The summed E-state index contributed by atoms with van der Waals surface area (Å²) in [6.07, 6.45) is 3.64. The Morgan fingerprint density at radius 2 is 1.79 bits per heavy atom. The van der Waals surface area contributed by atoms with Gasteiger partial charge in [-0.05, 0) is 61.6 Å². The minimum Gasteiger partial charge on any atom is -0.755 e. The molecule has 2 unspecified atom stereocenters. The van der Waals surface area contributed by atoms with Crippen LogP contribution in [0.1, 0.15) is 25.3 Å². The molecule has 1 fully saturated rings. The van der Waals surface area contributed by atoms with Crippen LogP contribution in [0.4, 0.5) is 5.69 Å². The molecule has 0 spiro atoms. The molecule has 2 aromatic rings. The second-order valence-corrected chi connectivity index (χ2v) is 8.23. The number of nitrogens with zero attached hydrogens (tertiary/aromatic N) is 2. The van der Waals surface area contributed by atoms with E-state index in [1.54, 1.807) is 12.1 Å². The summed E-state index contributed by atoms with van der Waals surface area (Å²) >= 11 is -2.56. The van der Waals surface area contributed by atoms with Crippen molar-refractivity contribution in [3.63, 3.8) is 0 Å². The first-order valence-electron chi connectivity index (χ1n) is 9.85. The maximum absolute atomic E-state index is 11.4. The summed E-state index contributed by atoms with van der Waals surface area (Å²) in [7, 11) is 1.23. The highest BCUT2D eigenvalue weighted by molar-refractivity contribution is 7.80. The molecule has 156 valence electrons. The summed E-state index contributed by atoms with van der Waals surface area (Å²) in [5, 5.41) is 0. The van der Waals surface area contributed by atoms with Crippen LogP contribution in [0.5, 0.6) is 0 Å². The van der Waals surface area contributed by atoms with Crippen LogP contribution < -0.4 is 4.31 Å². The predicted octanol–water partition coefficient (Wildman–Crippen LogP) is 3.15. The lowest BCUT2D eigenvalue weighted by Gasteiger charge is -2.25. The maximum atomic E-state index is 11.4. The highest BCUT2D eigenvalue weighted by Crippen LogP contribution is 2.25. The van der Waals surface area contributed by atoms with Crippen LogP contribution in [-0.2, 0) is 27.2 Å². The lowest BCUT2D eigenvalue weighted by molar-refractivity contribution is -0.138. The monoisotopic (exact) mass is 415 g/mol. The van der Waals surface area contributed by atoms with Crippen LogP contribution in [-0.4, -0.2) is 52.4 Å². The van der Waals surface area contributed by atoms with Crippen molar-refractivity contribution in [3.8, 4) is 11.1 Å². The fourth-order valence-corrected chi connectivity index (χ4v) is 4.20. The quantitative estimate of drug-likeness (QED) is 0.489. The van der Waals surface area contributed by atoms with Gasteiger partial charge in [-0.25, -0.2) is 0 Å². The van der Waals surface area contributed by atoms with Crippen molar-refractivity contribution in [2.24, 2.45) is 0 Å². The largest absolute Gasteiger partial charge is 0.755 e. The van der Waals surface area contributed by atoms with Crippen molar-refractivity contribution in [2.45, 2.75) is 32.2 Å². The molecule has 0 radical (unpaired) electrons. The molecule has 0 saturated carbocycles.